The molecule has 0 aliphatic rings. The molecule has 0 aliphatic carbocycles. The van der Waals surface area contributed by atoms with Crippen LogP contribution in [0.15, 0.2) is 24.3 Å². The molecule has 0 heterocycles. The summed E-state index contributed by atoms with van der Waals surface area (Å²) >= 11 is 0. The molecular formula is C13H26. The first-order chi connectivity index (χ1) is 6.33. The van der Waals surface area contributed by atoms with Crippen molar-refractivity contribution in [2.45, 2.75) is 48.0 Å². The minimum Gasteiger partial charge on any atom is -0.0683 e. The number of aryl methyl sites for hydroxylation is 2. The quantitative estimate of drug-likeness (QED) is 0.582. The first-order valence-electron chi connectivity index (χ1n) is 5.38. The van der Waals surface area contributed by atoms with Crippen molar-refractivity contribution in [1.29, 1.82) is 0 Å². The van der Waals surface area contributed by atoms with E-state index in [9.17, 15) is 0 Å². The van der Waals surface area contributed by atoms with Gasteiger partial charge in [0.25, 0.3) is 0 Å². The Balaban J connectivity index is -0.000000216. The van der Waals surface area contributed by atoms with Gasteiger partial charge < -0.3 is 0 Å². The van der Waals surface area contributed by atoms with E-state index in [0.717, 1.165) is 6.42 Å². The zero-order valence-corrected chi connectivity index (χ0v) is 10.0. The van der Waals surface area contributed by atoms with E-state index in [1.165, 1.54) is 11.1 Å². The van der Waals surface area contributed by atoms with Crippen molar-refractivity contribution in [3.8, 4) is 0 Å². The van der Waals surface area contributed by atoms with Gasteiger partial charge in [0, 0.05) is 1.43 Å². The summed E-state index contributed by atoms with van der Waals surface area (Å²) in [5.41, 5.74) is 2.76. The highest BCUT2D eigenvalue weighted by atomic mass is 13.9. The summed E-state index contributed by atoms with van der Waals surface area (Å²) in [4.78, 5) is 0. The van der Waals surface area contributed by atoms with E-state index in [1.54, 1.807) is 0 Å². The third-order valence-corrected chi connectivity index (χ3v) is 1.53. The van der Waals surface area contributed by atoms with Gasteiger partial charge in [0.15, 0.2) is 0 Å². The molecule has 0 saturated carbocycles. The molecule has 78 valence electrons. The SMILES string of the molecule is CC.CC.CCc1ccc(C)cc1.[HH]. The van der Waals surface area contributed by atoms with Crippen molar-refractivity contribution in [3.63, 3.8) is 0 Å². The van der Waals surface area contributed by atoms with Crippen LogP contribution in [0.2, 0.25) is 0 Å². The highest BCUT2D eigenvalue weighted by Gasteiger charge is 1.84. The summed E-state index contributed by atoms with van der Waals surface area (Å²) in [6.45, 7) is 12.3. The third-order valence-electron chi connectivity index (χ3n) is 1.53. The lowest BCUT2D eigenvalue weighted by Gasteiger charge is -1.94. The average molecular weight is 182 g/mol. The van der Waals surface area contributed by atoms with E-state index in [2.05, 4.69) is 38.1 Å². The van der Waals surface area contributed by atoms with Crippen LogP contribution in [-0.4, -0.2) is 0 Å². The smallest absolute Gasteiger partial charge is 0 e. The third kappa shape index (κ3) is 7.58. The summed E-state index contributed by atoms with van der Waals surface area (Å²) in [6.07, 6.45) is 1.14. The highest BCUT2D eigenvalue weighted by Crippen LogP contribution is 2.02. The Hall–Kier alpha value is -0.780. The van der Waals surface area contributed by atoms with Crippen LogP contribution in [0.5, 0.6) is 0 Å². The molecule has 0 heteroatoms. The maximum absolute atomic E-state index is 2.18. The molecule has 0 aromatic heterocycles. The normalized spacial score (nSPS) is 7.54. The lowest BCUT2D eigenvalue weighted by Crippen LogP contribution is -1.77. The minimum absolute atomic E-state index is 0. The van der Waals surface area contributed by atoms with Gasteiger partial charge >= 0.3 is 0 Å². The van der Waals surface area contributed by atoms with E-state index < -0.39 is 0 Å². The molecule has 0 spiro atoms. The largest absolute Gasteiger partial charge is 0.0683 e. The Morgan fingerprint density at radius 3 is 1.62 bits per heavy atom. The maximum atomic E-state index is 2.18. The van der Waals surface area contributed by atoms with Crippen molar-refractivity contribution in [1.82, 2.24) is 0 Å². The number of rotatable bonds is 1. The Bertz CT molecular complexity index is 177. The van der Waals surface area contributed by atoms with Crippen LogP contribution in [0.1, 0.15) is 47.2 Å². The Morgan fingerprint density at radius 2 is 1.31 bits per heavy atom. The fourth-order valence-corrected chi connectivity index (χ4v) is 0.824. The topological polar surface area (TPSA) is 0 Å². The molecule has 0 nitrogen and oxygen atoms in total. The fourth-order valence-electron chi connectivity index (χ4n) is 0.824. The molecule has 0 bridgehead atoms. The van der Waals surface area contributed by atoms with Gasteiger partial charge in [-0.1, -0.05) is 64.4 Å². The second-order valence-electron chi connectivity index (χ2n) is 2.34. The predicted molar refractivity (Wildman–Crippen MR) is 65.4 cm³/mol. The summed E-state index contributed by atoms with van der Waals surface area (Å²) in [7, 11) is 0. The number of benzene rings is 1. The molecule has 0 fully saturated rings. The molecule has 1 rings (SSSR count). The van der Waals surface area contributed by atoms with Crippen molar-refractivity contribution in [3.05, 3.63) is 35.4 Å². The van der Waals surface area contributed by atoms with Crippen LogP contribution in [-0.2, 0) is 6.42 Å². The Kier molecular flexibility index (Phi) is 12.7. The molecule has 13 heavy (non-hydrogen) atoms. The zero-order valence-electron chi connectivity index (χ0n) is 10.0. The van der Waals surface area contributed by atoms with Crippen LogP contribution in [0, 0.1) is 6.92 Å². The second-order valence-corrected chi connectivity index (χ2v) is 2.34. The van der Waals surface area contributed by atoms with E-state index in [-0.39, 0.29) is 1.43 Å². The molecule has 0 unspecified atom stereocenters. The van der Waals surface area contributed by atoms with Gasteiger partial charge in [-0.05, 0) is 18.9 Å². The minimum atomic E-state index is 0. The Labute approximate surface area is 85.5 Å². The standard InChI is InChI=1S/C9H12.2C2H6.H2/c1-3-9-6-4-8(2)5-7-9;2*1-2;/h4-7H,3H2,1-2H3;2*1-2H3;1H. The molecular weight excluding hydrogens is 156 g/mol. The van der Waals surface area contributed by atoms with Gasteiger partial charge in [-0.25, -0.2) is 0 Å². The number of hydrogen-bond donors (Lipinski definition) is 0. The fraction of sp³-hybridized carbons (Fsp3) is 0.538. The van der Waals surface area contributed by atoms with Crippen molar-refractivity contribution >= 4 is 0 Å². The van der Waals surface area contributed by atoms with Crippen LogP contribution in [0.3, 0.4) is 0 Å². The lowest BCUT2D eigenvalue weighted by atomic mass is 10.1. The molecule has 1 aromatic carbocycles. The van der Waals surface area contributed by atoms with Crippen LogP contribution >= 0.6 is 0 Å². The molecule has 1 aromatic rings. The van der Waals surface area contributed by atoms with Gasteiger partial charge in [0.2, 0.25) is 0 Å². The molecule has 0 amide bonds. The van der Waals surface area contributed by atoms with Gasteiger partial charge in [0.05, 0.1) is 0 Å². The molecule has 0 N–H and O–H groups in total. The number of hydrogen-bond acceptors (Lipinski definition) is 0. The first-order valence-corrected chi connectivity index (χ1v) is 5.38. The molecule has 0 radical (unpaired) electrons. The maximum Gasteiger partial charge on any atom is 0 e. The van der Waals surface area contributed by atoms with Gasteiger partial charge in [0.1, 0.15) is 0 Å². The highest BCUT2D eigenvalue weighted by molar-refractivity contribution is 5.20. The average Bonchev–Trinajstić information content (AvgIpc) is 2.25. The van der Waals surface area contributed by atoms with Crippen LogP contribution in [0.25, 0.3) is 0 Å². The Morgan fingerprint density at radius 1 is 0.923 bits per heavy atom. The van der Waals surface area contributed by atoms with Gasteiger partial charge in [-0.15, -0.1) is 0 Å². The van der Waals surface area contributed by atoms with Crippen molar-refractivity contribution in [2.75, 3.05) is 0 Å². The molecule has 0 atom stereocenters. The van der Waals surface area contributed by atoms with Crippen molar-refractivity contribution < 1.29 is 1.43 Å². The monoisotopic (exact) mass is 182 g/mol. The summed E-state index contributed by atoms with van der Waals surface area (Å²) in [5.74, 6) is 0. The van der Waals surface area contributed by atoms with Gasteiger partial charge in [-0.2, -0.15) is 0 Å². The van der Waals surface area contributed by atoms with E-state index in [0.29, 0.717) is 0 Å². The summed E-state index contributed by atoms with van der Waals surface area (Å²) in [6, 6.07) is 8.66. The molecule has 0 aliphatic heterocycles. The first kappa shape index (κ1) is 14.7. The van der Waals surface area contributed by atoms with Crippen molar-refractivity contribution in [2.24, 2.45) is 0 Å². The van der Waals surface area contributed by atoms with E-state index in [4.69, 9.17) is 0 Å². The van der Waals surface area contributed by atoms with Gasteiger partial charge in [-0.3, -0.25) is 0 Å². The second kappa shape index (κ2) is 11.2. The summed E-state index contributed by atoms with van der Waals surface area (Å²) in [5, 5.41) is 0. The lowest BCUT2D eigenvalue weighted by molar-refractivity contribution is 1.14. The molecule has 0 saturated heterocycles. The predicted octanol–water partition coefficient (Wildman–Crippen LogP) is 4.86. The zero-order chi connectivity index (χ0) is 10.7. The summed E-state index contributed by atoms with van der Waals surface area (Å²) < 4.78 is 0. The van der Waals surface area contributed by atoms with E-state index in [1.807, 2.05) is 27.7 Å². The van der Waals surface area contributed by atoms with E-state index >= 15 is 0 Å². The van der Waals surface area contributed by atoms with Crippen LogP contribution < -0.4 is 0 Å². The van der Waals surface area contributed by atoms with Crippen LogP contribution in [0.4, 0.5) is 0 Å².